The second-order valence-corrected chi connectivity index (χ2v) is 4.70. The standard InChI is InChI=1S/C15H17N3O2/c1-5-10(3)18-13(14(16)17-15(18)19)11-6-7-12(20-4)9(2)8-11/h1,6-8,10,13H,2-4H3,(H2,16,17,19). The second kappa shape index (κ2) is 5.25. The maximum Gasteiger partial charge on any atom is 0.347 e. The number of ether oxygens (including phenoxy) is 1. The first-order valence-corrected chi connectivity index (χ1v) is 6.26. The van der Waals surface area contributed by atoms with Gasteiger partial charge in [0.1, 0.15) is 17.6 Å². The van der Waals surface area contributed by atoms with Crippen molar-refractivity contribution in [2.75, 3.05) is 7.11 Å². The van der Waals surface area contributed by atoms with Crippen LogP contribution in [-0.2, 0) is 0 Å². The van der Waals surface area contributed by atoms with Gasteiger partial charge in [-0.25, -0.2) is 4.79 Å². The fraction of sp³-hybridized carbons (Fsp3) is 0.333. The van der Waals surface area contributed by atoms with Gasteiger partial charge in [0.15, 0.2) is 0 Å². The van der Waals surface area contributed by atoms with Gasteiger partial charge in [-0.2, -0.15) is 4.99 Å². The minimum atomic E-state index is -0.418. The van der Waals surface area contributed by atoms with Crippen LogP contribution >= 0.6 is 0 Å². The number of terminal acetylenes is 1. The van der Waals surface area contributed by atoms with E-state index in [4.69, 9.17) is 16.9 Å². The molecule has 1 aliphatic rings. The minimum absolute atomic E-state index is 0.265. The van der Waals surface area contributed by atoms with Crippen LogP contribution in [0.1, 0.15) is 24.1 Å². The van der Waals surface area contributed by atoms with Crippen molar-refractivity contribution < 1.29 is 9.53 Å². The number of hydrogen-bond acceptors (Lipinski definition) is 3. The zero-order valence-electron chi connectivity index (χ0n) is 11.8. The van der Waals surface area contributed by atoms with Gasteiger partial charge < -0.3 is 10.5 Å². The van der Waals surface area contributed by atoms with Crippen molar-refractivity contribution in [3.63, 3.8) is 0 Å². The van der Waals surface area contributed by atoms with Gasteiger partial charge in [-0.3, -0.25) is 4.90 Å². The Bertz CT molecular complexity index is 616. The molecule has 0 spiro atoms. The van der Waals surface area contributed by atoms with Gasteiger partial charge in [-0.05, 0) is 37.1 Å². The quantitative estimate of drug-likeness (QED) is 0.853. The minimum Gasteiger partial charge on any atom is -0.496 e. The lowest BCUT2D eigenvalue weighted by Gasteiger charge is -2.27. The molecule has 0 radical (unpaired) electrons. The third kappa shape index (κ3) is 2.21. The summed E-state index contributed by atoms with van der Waals surface area (Å²) in [7, 11) is 1.61. The van der Waals surface area contributed by atoms with E-state index in [1.807, 2.05) is 25.1 Å². The Kier molecular flexibility index (Phi) is 3.66. The number of rotatable bonds is 3. The fourth-order valence-electron chi connectivity index (χ4n) is 2.35. The number of urea groups is 1. The third-order valence-corrected chi connectivity index (χ3v) is 3.40. The number of benzene rings is 1. The van der Waals surface area contributed by atoms with Crippen LogP contribution in [-0.4, -0.2) is 29.9 Å². The van der Waals surface area contributed by atoms with Crippen LogP contribution < -0.4 is 10.5 Å². The predicted octanol–water partition coefficient (Wildman–Crippen LogP) is 1.86. The number of carbonyl (C=O) groups is 1. The van der Waals surface area contributed by atoms with E-state index in [2.05, 4.69) is 10.9 Å². The molecule has 1 aliphatic heterocycles. The number of carbonyl (C=O) groups excluding carboxylic acids is 1. The molecule has 1 aromatic carbocycles. The third-order valence-electron chi connectivity index (χ3n) is 3.40. The molecule has 2 amide bonds. The number of aliphatic imine (C=N–C) groups is 1. The van der Waals surface area contributed by atoms with Crippen molar-refractivity contribution in [2.24, 2.45) is 10.7 Å². The van der Waals surface area contributed by atoms with Crippen molar-refractivity contribution in [1.82, 2.24) is 4.90 Å². The molecular formula is C15H17N3O2. The van der Waals surface area contributed by atoms with E-state index in [-0.39, 0.29) is 11.9 Å². The molecule has 0 fully saturated rings. The molecule has 2 atom stereocenters. The SMILES string of the molecule is C#CC(C)N1C(=O)N=C(N)C1c1ccc(OC)c(C)c1. The fourth-order valence-corrected chi connectivity index (χ4v) is 2.35. The number of amides is 2. The largest absolute Gasteiger partial charge is 0.496 e. The van der Waals surface area contributed by atoms with Crippen molar-refractivity contribution in [2.45, 2.75) is 25.9 Å². The van der Waals surface area contributed by atoms with Crippen LogP contribution in [0.3, 0.4) is 0 Å². The van der Waals surface area contributed by atoms with E-state index in [1.54, 1.807) is 14.0 Å². The van der Waals surface area contributed by atoms with E-state index < -0.39 is 12.1 Å². The van der Waals surface area contributed by atoms with Gasteiger partial charge >= 0.3 is 6.03 Å². The lowest BCUT2D eigenvalue weighted by molar-refractivity contribution is 0.199. The molecule has 0 bridgehead atoms. The van der Waals surface area contributed by atoms with E-state index in [1.165, 1.54) is 4.90 Å². The number of hydrogen-bond donors (Lipinski definition) is 1. The molecule has 20 heavy (non-hydrogen) atoms. The topological polar surface area (TPSA) is 67.9 Å². The molecular weight excluding hydrogens is 254 g/mol. The summed E-state index contributed by atoms with van der Waals surface area (Å²) in [5.74, 6) is 3.59. The van der Waals surface area contributed by atoms with Crippen molar-refractivity contribution in [3.8, 4) is 18.1 Å². The number of amidine groups is 1. The number of nitrogens with two attached hydrogens (primary N) is 1. The Labute approximate surface area is 118 Å². The van der Waals surface area contributed by atoms with Crippen LogP contribution in [0.5, 0.6) is 5.75 Å². The molecule has 5 nitrogen and oxygen atoms in total. The van der Waals surface area contributed by atoms with Gasteiger partial charge in [-0.15, -0.1) is 6.42 Å². The highest BCUT2D eigenvalue weighted by atomic mass is 16.5. The molecule has 1 heterocycles. The first-order chi connectivity index (χ1) is 9.49. The zero-order chi connectivity index (χ0) is 14.9. The summed E-state index contributed by atoms with van der Waals surface area (Å²) in [6, 6.07) is 4.46. The Balaban J connectivity index is 2.44. The van der Waals surface area contributed by atoms with Crippen LogP contribution in [0.15, 0.2) is 23.2 Å². The summed E-state index contributed by atoms with van der Waals surface area (Å²) in [5, 5.41) is 0. The number of aryl methyl sites for hydroxylation is 1. The normalized spacial score (nSPS) is 19.5. The summed E-state index contributed by atoms with van der Waals surface area (Å²) in [6.07, 6.45) is 5.42. The number of nitrogens with zero attached hydrogens (tertiary/aromatic N) is 2. The molecule has 2 N–H and O–H groups in total. The van der Waals surface area contributed by atoms with Gasteiger partial charge in [-0.1, -0.05) is 12.0 Å². The molecule has 0 saturated carbocycles. The average molecular weight is 271 g/mol. The molecule has 2 unspecified atom stereocenters. The molecule has 5 heteroatoms. The monoisotopic (exact) mass is 271 g/mol. The highest BCUT2D eigenvalue weighted by Crippen LogP contribution is 2.31. The van der Waals surface area contributed by atoms with Gasteiger partial charge in [0, 0.05) is 0 Å². The Morgan fingerprint density at radius 2 is 2.25 bits per heavy atom. The summed E-state index contributed by atoms with van der Waals surface area (Å²) < 4.78 is 5.23. The average Bonchev–Trinajstić information content (AvgIpc) is 2.72. The van der Waals surface area contributed by atoms with E-state index in [9.17, 15) is 4.79 Å². The molecule has 1 aromatic rings. The first-order valence-electron chi connectivity index (χ1n) is 6.26. The van der Waals surface area contributed by atoms with Crippen LogP contribution in [0.4, 0.5) is 4.79 Å². The Hall–Kier alpha value is -2.48. The van der Waals surface area contributed by atoms with E-state index in [0.717, 1.165) is 16.9 Å². The Morgan fingerprint density at radius 1 is 1.55 bits per heavy atom. The predicted molar refractivity (Wildman–Crippen MR) is 77.6 cm³/mol. The lowest BCUT2D eigenvalue weighted by Crippen LogP contribution is -2.39. The highest BCUT2D eigenvalue weighted by Gasteiger charge is 2.37. The van der Waals surface area contributed by atoms with E-state index in [0.29, 0.717) is 0 Å². The van der Waals surface area contributed by atoms with Gasteiger partial charge in [0.05, 0.1) is 13.2 Å². The molecule has 0 aromatic heterocycles. The van der Waals surface area contributed by atoms with Crippen molar-refractivity contribution in [3.05, 3.63) is 29.3 Å². The molecule has 2 rings (SSSR count). The van der Waals surface area contributed by atoms with Gasteiger partial charge in [0.2, 0.25) is 0 Å². The van der Waals surface area contributed by atoms with Crippen molar-refractivity contribution >= 4 is 11.9 Å². The maximum atomic E-state index is 11.9. The smallest absolute Gasteiger partial charge is 0.347 e. The lowest BCUT2D eigenvalue weighted by atomic mass is 10.0. The molecule has 104 valence electrons. The van der Waals surface area contributed by atoms with Gasteiger partial charge in [0.25, 0.3) is 0 Å². The second-order valence-electron chi connectivity index (χ2n) is 4.70. The van der Waals surface area contributed by atoms with Crippen molar-refractivity contribution in [1.29, 1.82) is 0 Å². The zero-order valence-corrected chi connectivity index (χ0v) is 11.8. The number of methoxy groups -OCH3 is 1. The maximum absolute atomic E-state index is 11.9. The van der Waals surface area contributed by atoms with E-state index >= 15 is 0 Å². The summed E-state index contributed by atoms with van der Waals surface area (Å²) >= 11 is 0. The summed E-state index contributed by atoms with van der Waals surface area (Å²) in [6.45, 7) is 3.71. The van der Waals surface area contributed by atoms with Crippen LogP contribution in [0, 0.1) is 19.3 Å². The highest BCUT2D eigenvalue weighted by molar-refractivity contribution is 6.03. The molecule has 0 saturated heterocycles. The first kappa shape index (κ1) is 13.9. The van der Waals surface area contributed by atoms with Crippen LogP contribution in [0.2, 0.25) is 0 Å². The van der Waals surface area contributed by atoms with Crippen LogP contribution in [0.25, 0.3) is 0 Å². The molecule has 0 aliphatic carbocycles. The summed E-state index contributed by atoms with van der Waals surface area (Å²) in [4.78, 5) is 17.2. The Morgan fingerprint density at radius 3 is 2.80 bits per heavy atom. The summed E-state index contributed by atoms with van der Waals surface area (Å²) in [5.41, 5.74) is 7.73.